The van der Waals surface area contributed by atoms with Crippen LogP contribution in [-0.4, -0.2) is 39.3 Å². The SMILES string of the molecule is CC(=O)NCC(=O)N1[C@@H]2CC[C@@H]1c1cc(Nc3ncc(C(F)(F)F)c(NC4CCC4)n3)ccc12. The van der Waals surface area contributed by atoms with Crippen LogP contribution in [0.15, 0.2) is 24.4 Å². The van der Waals surface area contributed by atoms with Crippen molar-refractivity contribution in [1.29, 1.82) is 0 Å². The summed E-state index contributed by atoms with van der Waals surface area (Å²) in [5.41, 5.74) is 1.80. The van der Waals surface area contributed by atoms with Crippen molar-refractivity contribution in [3.63, 3.8) is 0 Å². The van der Waals surface area contributed by atoms with Gasteiger partial charge in [-0.25, -0.2) is 4.98 Å². The van der Waals surface area contributed by atoms with Crippen LogP contribution in [0, 0.1) is 0 Å². The van der Waals surface area contributed by atoms with Crippen molar-refractivity contribution in [2.45, 2.75) is 63.3 Å². The Bertz CT molecular complexity index is 1130. The van der Waals surface area contributed by atoms with Crippen molar-refractivity contribution in [3.05, 3.63) is 41.1 Å². The monoisotopic (exact) mass is 474 g/mol. The fraction of sp³-hybridized carbons (Fsp3) is 0.478. The lowest BCUT2D eigenvalue weighted by Gasteiger charge is -2.28. The summed E-state index contributed by atoms with van der Waals surface area (Å²) >= 11 is 0. The Labute approximate surface area is 194 Å². The number of benzene rings is 1. The molecule has 34 heavy (non-hydrogen) atoms. The molecule has 5 rings (SSSR count). The average molecular weight is 474 g/mol. The van der Waals surface area contributed by atoms with E-state index in [9.17, 15) is 22.8 Å². The molecule has 2 fully saturated rings. The quantitative estimate of drug-likeness (QED) is 0.584. The molecule has 3 N–H and O–H groups in total. The normalized spacial score (nSPS) is 21.1. The molecule has 1 saturated heterocycles. The number of nitrogens with one attached hydrogen (secondary N) is 3. The van der Waals surface area contributed by atoms with Gasteiger partial charge in [-0.2, -0.15) is 18.2 Å². The van der Waals surface area contributed by atoms with Crippen LogP contribution in [0.1, 0.15) is 67.8 Å². The van der Waals surface area contributed by atoms with Gasteiger partial charge >= 0.3 is 6.18 Å². The Hall–Kier alpha value is -3.37. The maximum absolute atomic E-state index is 13.4. The Kier molecular flexibility index (Phi) is 5.57. The number of aromatic nitrogens is 2. The standard InChI is InChI=1S/C23H25F3N6O2/c1-12(33)27-11-20(34)32-18-7-8-19(32)16-9-14(5-6-15(16)18)30-22-28-10-17(23(24,25)26)21(31-22)29-13-3-2-4-13/h5-6,9-10,13,18-19H,2-4,7-8,11H2,1H3,(H,27,33)(H2,28,29,30,31)/t18-,19-/m1/s1. The lowest BCUT2D eigenvalue weighted by atomic mass is 9.91. The van der Waals surface area contributed by atoms with Crippen LogP contribution in [0.5, 0.6) is 0 Å². The highest BCUT2D eigenvalue weighted by Gasteiger charge is 2.46. The maximum Gasteiger partial charge on any atom is 0.421 e. The zero-order valence-electron chi connectivity index (χ0n) is 18.6. The topological polar surface area (TPSA) is 99.3 Å². The van der Waals surface area contributed by atoms with Crippen LogP contribution in [0.25, 0.3) is 0 Å². The Balaban J connectivity index is 1.36. The molecule has 0 unspecified atom stereocenters. The number of alkyl halides is 3. The van der Waals surface area contributed by atoms with Crippen molar-refractivity contribution >= 4 is 29.3 Å². The van der Waals surface area contributed by atoms with Gasteiger partial charge in [-0.15, -0.1) is 0 Å². The van der Waals surface area contributed by atoms with Crippen molar-refractivity contribution in [2.75, 3.05) is 17.2 Å². The molecular formula is C23H25F3N6O2. The van der Waals surface area contributed by atoms with Crippen LogP contribution in [-0.2, 0) is 15.8 Å². The highest BCUT2D eigenvalue weighted by atomic mass is 19.4. The van der Waals surface area contributed by atoms with Gasteiger partial charge in [-0.05, 0) is 55.4 Å². The predicted molar refractivity (Wildman–Crippen MR) is 118 cm³/mol. The molecule has 8 nitrogen and oxygen atoms in total. The number of amides is 2. The summed E-state index contributed by atoms with van der Waals surface area (Å²) in [5, 5.41) is 8.47. The molecule has 1 aromatic carbocycles. The molecule has 180 valence electrons. The Morgan fingerprint density at radius 1 is 1.12 bits per heavy atom. The Morgan fingerprint density at radius 2 is 1.85 bits per heavy atom. The summed E-state index contributed by atoms with van der Waals surface area (Å²) in [6, 6.07) is 5.51. The van der Waals surface area contributed by atoms with Gasteiger partial charge in [0.05, 0.1) is 18.6 Å². The van der Waals surface area contributed by atoms with Gasteiger partial charge in [0.25, 0.3) is 0 Å². The molecule has 1 aliphatic carbocycles. The van der Waals surface area contributed by atoms with Gasteiger partial charge in [0, 0.05) is 24.8 Å². The summed E-state index contributed by atoms with van der Waals surface area (Å²) < 4.78 is 40.3. The minimum Gasteiger partial charge on any atom is -0.367 e. The third kappa shape index (κ3) is 4.14. The molecule has 2 aliphatic heterocycles. The molecule has 2 bridgehead atoms. The first kappa shape index (κ1) is 22.4. The third-order valence-corrected chi connectivity index (χ3v) is 6.76. The molecular weight excluding hydrogens is 449 g/mol. The smallest absolute Gasteiger partial charge is 0.367 e. The van der Waals surface area contributed by atoms with Crippen molar-refractivity contribution in [2.24, 2.45) is 0 Å². The number of rotatable bonds is 6. The van der Waals surface area contributed by atoms with Crippen LogP contribution >= 0.6 is 0 Å². The molecule has 0 radical (unpaired) electrons. The van der Waals surface area contributed by atoms with Gasteiger partial charge < -0.3 is 20.9 Å². The van der Waals surface area contributed by atoms with E-state index in [0.717, 1.165) is 49.4 Å². The number of hydrogen-bond acceptors (Lipinski definition) is 6. The summed E-state index contributed by atoms with van der Waals surface area (Å²) in [7, 11) is 0. The fourth-order valence-electron chi connectivity index (χ4n) is 4.94. The number of fused-ring (bicyclic) bond motifs is 5. The van der Waals surface area contributed by atoms with E-state index >= 15 is 0 Å². The molecule has 3 aliphatic rings. The second-order valence-corrected chi connectivity index (χ2v) is 9.01. The second kappa shape index (κ2) is 8.44. The van der Waals surface area contributed by atoms with Crippen molar-refractivity contribution < 1.29 is 22.8 Å². The first-order valence-corrected chi connectivity index (χ1v) is 11.4. The van der Waals surface area contributed by atoms with Crippen LogP contribution in [0.2, 0.25) is 0 Å². The highest BCUT2D eigenvalue weighted by molar-refractivity contribution is 5.85. The third-order valence-electron chi connectivity index (χ3n) is 6.76. The highest BCUT2D eigenvalue weighted by Crippen LogP contribution is 2.53. The molecule has 2 atom stereocenters. The Morgan fingerprint density at radius 3 is 2.50 bits per heavy atom. The van der Waals surface area contributed by atoms with Gasteiger partial charge in [0.2, 0.25) is 17.8 Å². The summed E-state index contributed by atoms with van der Waals surface area (Å²) in [5.74, 6) is -0.543. The van der Waals surface area contributed by atoms with E-state index in [1.54, 1.807) is 0 Å². The summed E-state index contributed by atoms with van der Waals surface area (Å²) in [6.45, 7) is 1.33. The van der Waals surface area contributed by atoms with E-state index in [4.69, 9.17) is 0 Å². The lowest BCUT2D eigenvalue weighted by Crippen LogP contribution is -2.37. The molecule has 2 aromatic rings. The predicted octanol–water partition coefficient (Wildman–Crippen LogP) is 4.06. The number of nitrogens with zero attached hydrogens (tertiary/aromatic N) is 3. The van der Waals surface area contributed by atoms with Gasteiger partial charge in [-0.3, -0.25) is 9.59 Å². The van der Waals surface area contributed by atoms with E-state index in [1.807, 2.05) is 23.1 Å². The molecule has 0 spiro atoms. The second-order valence-electron chi connectivity index (χ2n) is 9.01. The molecule has 11 heteroatoms. The van der Waals surface area contributed by atoms with E-state index in [2.05, 4.69) is 25.9 Å². The molecule has 3 heterocycles. The van der Waals surface area contributed by atoms with Crippen LogP contribution in [0.4, 0.5) is 30.6 Å². The maximum atomic E-state index is 13.4. The first-order valence-electron chi connectivity index (χ1n) is 11.4. The number of halogens is 3. The average Bonchev–Trinajstić information content (AvgIpc) is 3.31. The van der Waals surface area contributed by atoms with Gasteiger partial charge in [0.15, 0.2) is 0 Å². The zero-order chi connectivity index (χ0) is 24.0. The number of carbonyl (C=O) groups excluding carboxylic acids is 2. The first-order chi connectivity index (χ1) is 16.2. The zero-order valence-corrected chi connectivity index (χ0v) is 18.6. The van der Waals surface area contributed by atoms with Crippen molar-refractivity contribution in [3.8, 4) is 0 Å². The van der Waals surface area contributed by atoms with Crippen LogP contribution < -0.4 is 16.0 Å². The largest absolute Gasteiger partial charge is 0.421 e. The number of carbonyl (C=O) groups is 2. The van der Waals surface area contributed by atoms with Gasteiger partial charge in [0.1, 0.15) is 11.4 Å². The number of anilines is 3. The lowest BCUT2D eigenvalue weighted by molar-refractivity contribution is -0.137. The van der Waals surface area contributed by atoms with E-state index in [1.165, 1.54) is 6.92 Å². The summed E-state index contributed by atoms with van der Waals surface area (Å²) in [6.07, 6.45) is 0.534. The minimum absolute atomic E-state index is 0.0135. The van der Waals surface area contributed by atoms with E-state index in [0.29, 0.717) is 5.69 Å². The van der Waals surface area contributed by atoms with Crippen LogP contribution in [0.3, 0.4) is 0 Å². The molecule has 1 saturated carbocycles. The van der Waals surface area contributed by atoms with Crippen molar-refractivity contribution in [1.82, 2.24) is 20.2 Å². The van der Waals surface area contributed by atoms with Gasteiger partial charge in [-0.1, -0.05) is 6.07 Å². The number of hydrogen-bond donors (Lipinski definition) is 3. The van der Waals surface area contributed by atoms with E-state index in [-0.39, 0.29) is 48.3 Å². The minimum atomic E-state index is -4.55. The molecule has 1 aromatic heterocycles. The molecule has 2 amide bonds. The summed E-state index contributed by atoms with van der Waals surface area (Å²) in [4.78, 5) is 33.7. The fourth-order valence-corrected chi connectivity index (χ4v) is 4.94. The van der Waals surface area contributed by atoms with E-state index < -0.39 is 11.7 Å².